The van der Waals surface area contributed by atoms with Crippen molar-refractivity contribution in [2.24, 2.45) is 0 Å². The van der Waals surface area contributed by atoms with Crippen molar-refractivity contribution in [1.29, 1.82) is 0 Å². The number of carbonyl (C=O) groups excluding carboxylic acids is 1. The minimum atomic E-state index is -4.40. The topological polar surface area (TPSA) is 52.6 Å². The molecule has 1 aromatic rings. The molecule has 0 radical (unpaired) electrons. The molecule has 1 aromatic carbocycles. The molecular weight excluding hydrogens is 309 g/mol. The average molecular weight is 326 g/mol. The highest BCUT2D eigenvalue weighted by Crippen LogP contribution is 2.29. The first-order valence-electron chi connectivity index (χ1n) is 7.09. The number of benzene rings is 1. The van der Waals surface area contributed by atoms with E-state index in [1.807, 2.05) is 0 Å². The van der Waals surface area contributed by atoms with Gasteiger partial charge in [-0.25, -0.2) is 4.79 Å². The molecule has 0 saturated carbocycles. The number of β-amino-alcohol motifs (C(OH)–C–C–N with tert-alkyl or cyclic N) is 1. The number of nitrogens with one attached hydrogen (secondary N) is 1. The quantitative estimate of drug-likeness (QED) is 0.778. The highest BCUT2D eigenvalue weighted by Gasteiger charge is 2.33. The van der Waals surface area contributed by atoms with Gasteiger partial charge in [-0.3, -0.25) is 0 Å². The first-order chi connectivity index (χ1) is 10.7. The number of urea groups is 1. The lowest BCUT2D eigenvalue weighted by molar-refractivity contribution is -0.137. The average Bonchev–Trinajstić information content (AvgIpc) is 2.83. The number of nitrogens with zero attached hydrogens (tertiary/aromatic N) is 1. The molecule has 0 aliphatic carbocycles. The second-order valence-electron chi connectivity index (χ2n) is 5.71. The maximum Gasteiger partial charge on any atom is 0.416 e. The van der Waals surface area contributed by atoms with Crippen LogP contribution in [0.5, 0.6) is 0 Å². The van der Waals surface area contributed by atoms with Crippen molar-refractivity contribution >= 4 is 6.03 Å². The molecule has 1 heterocycles. The highest BCUT2D eigenvalue weighted by molar-refractivity contribution is 5.75. The smallest absolute Gasteiger partial charge is 0.388 e. The fourth-order valence-corrected chi connectivity index (χ4v) is 2.27. The van der Waals surface area contributed by atoms with Crippen LogP contribution in [-0.2, 0) is 6.18 Å². The van der Waals surface area contributed by atoms with E-state index < -0.39 is 17.3 Å². The lowest BCUT2D eigenvalue weighted by atomic mass is 10.1. The van der Waals surface area contributed by atoms with E-state index in [2.05, 4.69) is 17.2 Å². The van der Waals surface area contributed by atoms with Crippen molar-refractivity contribution in [3.63, 3.8) is 0 Å². The third-order valence-electron chi connectivity index (χ3n) is 3.49. The number of rotatable bonds is 1. The van der Waals surface area contributed by atoms with E-state index >= 15 is 0 Å². The summed E-state index contributed by atoms with van der Waals surface area (Å²) in [7, 11) is 0. The van der Waals surface area contributed by atoms with Gasteiger partial charge in [0, 0.05) is 12.1 Å². The monoisotopic (exact) mass is 326 g/mol. The van der Waals surface area contributed by atoms with Gasteiger partial charge in [0.05, 0.1) is 24.3 Å². The SMILES string of the molecule is CC1(O)CCN(C(=O)NCC#Cc2cccc(C(F)(F)F)c2)C1. The molecule has 1 fully saturated rings. The Morgan fingerprint density at radius 3 is 2.83 bits per heavy atom. The summed E-state index contributed by atoms with van der Waals surface area (Å²) in [4.78, 5) is 13.3. The molecule has 1 atom stereocenters. The Hall–Kier alpha value is -2.20. The van der Waals surface area contributed by atoms with Crippen molar-refractivity contribution in [1.82, 2.24) is 10.2 Å². The molecule has 1 saturated heterocycles. The van der Waals surface area contributed by atoms with Crippen LogP contribution in [0.3, 0.4) is 0 Å². The maximum absolute atomic E-state index is 12.6. The summed E-state index contributed by atoms with van der Waals surface area (Å²) >= 11 is 0. The largest absolute Gasteiger partial charge is 0.416 e. The summed E-state index contributed by atoms with van der Waals surface area (Å²) in [6.45, 7) is 2.39. The Morgan fingerprint density at radius 1 is 1.48 bits per heavy atom. The molecule has 0 spiro atoms. The molecule has 4 nitrogen and oxygen atoms in total. The molecule has 2 N–H and O–H groups in total. The summed E-state index contributed by atoms with van der Waals surface area (Å²) in [5.74, 6) is 5.20. The Bertz CT molecular complexity index is 645. The zero-order chi connectivity index (χ0) is 17.1. The van der Waals surface area contributed by atoms with Gasteiger partial charge in [-0.15, -0.1) is 0 Å². The lowest BCUT2D eigenvalue weighted by Crippen LogP contribution is -2.40. The molecule has 2 rings (SSSR count). The summed E-state index contributed by atoms with van der Waals surface area (Å²) in [6.07, 6.45) is -3.89. The third kappa shape index (κ3) is 4.89. The second-order valence-corrected chi connectivity index (χ2v) is 5.71. The molecule has 0 bridgehead atoms. The standard InChI is InChI=1S/C16H17F3N2O2/c1-15(23)7-9-21(11-15)14(22)20-8-3-5-12-4-2-6-13(10-12)16(17,18)19/h2,4,6,10,23H,7-9,11H2,1H3,(H,20,22). The van der Waals surface area contributed by atoms with Gasteiger partial charge in [-0.2, -0.15) is 13.2 Å². The Morgan fingerprint density at radius 2 is 2.22 bits per heavy atom. The van der Waals surface area contributed by atoms with Gasteiger partial charge in [-0.1, -0.05) is 17.9 Å². The number of likely N-dealkylation sites (tertiary alicyclic amines) is 1. The molecule has 124 valence electrons. The Balaban J connectivity index is 1.88. The van der Waals surface area contributed by atoms with Crippen molar-refractivity contribution in [2.45, 2.75) is 25.1 Å². The van der Waals surface area contributed by atoms with E-state index in [9.17, 15) is 23.1 Å². The van der Waals surface area contributed by atoms with Crippen molar-refractivity contribution in [3.05, 3.63) is 35.4 Å². The molecule has 1 unspecified atom stereocenters. The van der Waals surface area contributed by atoms with E-state index in [1.54, 1.807) is 6.92 Å². The van der Waals surface area contributed by atoms with Crippen molar-refractivity contribution in [2.75, 3.05) is 19.6 Å². The van der Waals surface area contributed by atoms with Crippen molar-refractivity contribution < 1.29 is 23.1 Å². The van der Waals surface area contributed by atoms with E-state index in [0.29, 0.717) is 13.0 Å². The summed E-state index contributed by atoms with van der Waals surface area (Å²) in [5.41, 5.74) is -1.40. The van der Waals surface area contributed by atoms with E-state index in [-0.39, 0.29) is 24.7 Å². The van der Waals surface area contributed by atoms with E-state index in [1.165, 1.54) is 17.0 Å². The predicted molar refractivity (Wildman–Crippen MR) is 78.5 cm³/mol. The molecule has 1 aliphatic heterocycles. The van der Waals surface area contributed by atoms with Gasteiger partial charge in [0.25, 0.3) is 0 Å². The van der Waals surface area contributed by atoms with Gasteiger partial charge < -0.3 is 15.3 Å². The van der Waals surface area contributed by atoms with Gasteiger partial charge in [0.2, 0.25) is 0 Å². The number of hydrogen-bond acceptors (Lipinski definition) is 2. The normalized spacial score (nSPS) is 20.8. The Kier molecular flexibility index (Phi) is 4.85. The molecule has 0 aromatic heterocycles. The fraction of sp³-hybridized carbons (Fsp3) is 0.438. The van der Waals surface area contributed by atoms with Crippen LogP contribution in [0.25, 0.3) is 0 Å². The Labute approximate surface area is 132 Å². The third-order valence-corrected chi connectivity index (χ3v) is 3.49. The zero-order valence-corrected chi connectivity index (χ0v) is 12.6. The van der Waals surface area contributed by atoms with Crippen LogP contribution in [-0.4, -0.2) is 41.3 Å². The molecular formula is C16H17F3N2O2. The first kappa shape index (κ1) is 17.2. The van der Waals surface area contributed by atoms with Crippen LogP contribution in [0.1, 0.15) is 24.5 Å². The summed E-state index contributed by atoms with van der Waals surface area (Å²) < 4.78 is 37.7. The van der Waals surface area contributed by atoms with Crippen molar-refractivity contribution in [3.8, 4) is 11.8 Å². The first-order valence-corrected chi connectivity index (χ1v) is 7.09. The highest BCUT2D eigenvalue weighted by atomic mass is 19.4. The van der Waals surface area contributed by atoms with Crippen LogP contribution in [0, 0.1) is 11.8 Å². The number of carbonyl (C=O) groups is 1. The van der Waals surface area contributed by atoms with E-state index in [0.717, 1.165) is 12.1 Å². The number of amides is 2. The number of halogens is 3. The minimum Gasteiger partial charge on any atom is -0.388 e. The number of hydrogen-bond donors (Lipinski definition) is 2. The maximum atomic E-state index is 12.6. The zero-order valence-electron chi connectivity index (χ0n) is 12.6. The second kappa shape index (κ2) is 6.50. The molecule has 2 amide bonds. The molecule has 1 aliphatic rings. The van der Waals surface area contributed by atoms with Crippen LogP contribution in [0.4, 0.5) is 18.0 Å². The van der Waals surface area contributed by atoms with Gasteiger partial charge in [-0.05, 0) is 31.5 Å². The van der Waals surface area contributed by atoms with E-state index in [4.69, 9.17) is 0 Å². The van der Waals surface area contributed by atoms with Crippen LogP contribution < -0.4 is 5.32 Å². The number of alkyl halides is 3. The minimum absolute atomic E-state index is 0.0215. The van der Waals surface area contributed by atoms with Gasteiger partial charge in [0.1, 0.15) is 0 Å². The fourth-order valence-electron chi connectivity index (χ4n) is 2.27. The molecule has 23 heavy (non-hydrogen) atoms. The predicted octanol–water partition coefficient (Wildman–Crippen LogP) is 2.22. The van der Waals surface area contributed by atoms with Crippen LogP contribution in [0.15, 0.2) is 24.3 Å². The van der Waals surface area contributed by atoms with Gasteiger partial charge >= 0.3 is 12.2 Å². The summed E-state index contributed by atoms with van der Waals surface area (Å²) in [5, 5.41) is 12.3. The lowest BCUT2D eigenvalue weighted by Gasteiger charge is -2.18. The van der Waals surface area contributed by atoms with Gasteiger partial charge in [0.15, 0.2) is 0 Å². The summed E-state index contributed by atoms with van der Waals surface area (Å²) in [6, 6.07) is 4.36. The van der Waals surface area contributed by atoms with Crippen LogP contribution in [0.2, 0.25) is 0 Å². The molecule has 7 heteroatoms. The van der Waals surface area contributed by atoms with Crippen LogP contribution >= 0.6 is 0 Å². The number of aliphatic hydroxyl groups is 1.